The topological polar surface area (TPSA) is 68.3 Å². The van der Waals surface area contributed by atoms with Gasteiger partial charge in [-0.25, -0.2) is 0 Å². The average molecular weight is 382 g/mol. The first kappa shape index (κ1) is 16.8. The van der Waals surface area contributed by atoms with Crippen molar-refractivity contribution < 1.29 is 19.2 Å². The summed E-state index contributed by atoms with van der Waals surface area (Å²) in [5.74, 6) is 0. The van der Waals surface area contributed by atoms with Crippen LogP contribution in [0.2, 0.25) is 0 Å². The van der Waals surface area contributed by atoms with Gasteiger partial charge in [0.05, 0.1) is 0 Å². The van der Waals surface area contributed by atoms with Gasteiger partial charge < -0.3 is 0 Å². The van der Waals surface area contributed by atoms with E-state index in [0.717, 1.165) is 43.4 Å². The molecule has 0 unspecified atom stereocenters. The standard InChI is InChI=1S/C10H6O2S.C10H8O2S/c11-5-13(6-12)2-1-8-9-3-7(9)4-10(8)13;11-7-13(8-12)6-5-9-3-1-2-4-10(9)13/h1-6H;1-8H. The molecule has 0 aromatic heterocycles. The maximum atomic E-state index is 10.9. The third-order valence-electron chi connectivity index (χ3n) is 4.62. The number of benzene rings is 2. The average Bonchev–Trinajstić information content (AvgIpc) is 3.07. The van der Waals surface area contributed by atoms with Gasteiger partial charge in [0.1, 0.15) is 0 Å². The Kier molecular flexibility index (Phi) is 3.82. The molecule has 6 heteroatoms. The Morgan fingerprint density at radius 2 is 1.31 bits per heavy atom. The Balaban J connectivity index is 0.000000129. The van der Waals surface area contributed by atoms with Crippen LogP contribution in [0.15, 0.2) is 57.0 Å². The number of hydrogen-bond acceptors (Lipinski definition) is 4. The molecular weight excluding hydrogens is 368 g/mol. The molecule has 5 rings (SSSR count). The van der Waals surface area contributed by atoms with Gasteiger partial charge in [-0.15, -0.1) is 0 Å². The van der Waals surface area contributed by atoms with Crippen LogP contribution in [0.5, 0.6) is 0 Å². The van der Waals surface area contributed by atoms with Crippen molar-refractivity contribution in [2.24, 2.45) is 0 Å². The van der Waals surface area contributed by atoms with Crippen molar-refractivity contribution in [3.05, 3.63) is 58.3 Å². The molecule has 130 valence electrons. The zero-order valence-electron chi connectivity index (χ0n) is 13.5. The molecule has 1 aromatic carbocycles. The molecule has 0 bridgehead atoms. The summed E-state index contributed by atoms with van der Waals surface area (Å²) in [7, 11) is -3.83. The first-order valence-corrected chi connectivity index (χ1v) is 11.4. The van der Waals surface area contributed by atoms with E-state index >= 15 is 0 Å². The van der Waals surface area contributed by atoms with Crippen molar-refractivity contribution in [1.82, 2.24) is 0 Å². The molecule has 0 radical (unpaired) electrons. The molecule has 0 amide bonds. The third kappa shape index (κ3) is 2.26. The maximum absolute atomic E-state index is 10.9. The molecule has 0 saturated carbocycles. The van der Waals surface area contributed by atoms with E-state index in [1.807, 2.05) is 42.5 Å². The van der Waals surface area contributed by atoms with Crippen LogP contribution in [0.4, 0.5) is 0 Å². The number of fused-ring (bicyclic) bond motifs is 4. The Labute approximate surface area is 153 Å². The number of rotatable bonds is 4. The van der Waals surface area contributed by atoms with E-state index in [1.165, 1.54) is 11.1 Å². The second-order valence-electron chi connectivity index (χ2n) is 5.99. The van der Waals surface area contributed by atoms with E-state index < -0.39 is 20.1 Å². The summed E-state index contributed by atoms with van der Waals surface area (Å²) < 4.78 is 0. The van der Waals surface area contributed by atoms with Crippen LogP contribution in [0, 0.1) is 0 Å². The van der Waals surface area contributed by atoms with Crippen LogP contribution >= 0.6 is 20.1 Å². The van der Waals surface area contributed by atoms with Crippen molar-refractivity contribution in [2.75, 3.05) is 0 Å². The highest BCUT2D eigenvalue weighted by Crippen LogP contribution is 2.64. The summed E-state index contributed by atoms with van der Waals surface area (Å²) in [4.78, 5) is 45.3. The van der Waals surface area contributed by atoms with Crippen LogP contribution in [0.25, 0.3) is 23.3 Å². The second-order valence-corrected chi connectivity index (χ2v) is 11.2. The van der Waals surface area contributed by atoms with Gasteiger partial charge in [-0.2, -0.15) is 0 Å². The smallest absolute Gasteiger partial charge is 0.173 e. The summed E-state index contributed by atoms with van der Waals surface area (Å²) in [6, 6.07) is 11.5. The van der Waals surface area contributed by atoms with Crippen molar-refractivity contribution in [2.45, 2.75) is 9.79 Å². The van der Waals surface area contributed by atoms with Gasteiger partial charge in [-0.05, 0) is 63.4 Å². The third-order valence-corrected chi connectivity index (χ3v) is 9.30. The Bertz CT molecular complexity index is 1000. The zero-order valence-corrected chi connectivity index (χ0v) is 15.2. The van der Waals surface area contributed by atoms with E-state index in [2.05, 4.69) is 6.07 Å². The molecule has 0 saturated heterocycles. The highest BCUT2D eigenvalue weighted by atomic mass is 32.3. The van der Waals surface area contributed by atoms with E-state index in [1.54, 1.807) is 10.8 Å². The maximum Gasteiger partial charge on any atom is 0.173 e. The molecule has 4 nitrogen and oxygen atoms in total. The Hall–Kier alpha value is -2.70. The van der Waals surface area contributed by atoms with Crippen molar-refractivity contribution in [3.63, 3.8) is 0 Å². The van der Waals surface area contributed by atoms with Crippen LogP contribution in [0.3, 0.4) is 0 Å². The van der Waals surface area contributed by atoms with Gasteiger partial charge in [0.15, 0.2) is 22.5 Å². The predicted octanol–water partition coefficient (Wildman–Crippen LogP) is 4.41. The number of carbonyl (C=O) groups is 4. The fourth-order valence-electron chi connectivity index (χ4n) is 3.12. The van der Waals surface area contributed by atoms with Crippen LogP contribution in [0.1, 0.15) is 11.1 Å². The van der Waals surface area contributed by atoms with Gasteiger partial charge in [0.25, 0.3) is 0 Å². The fourth-order valence-corrected chi connectivity index (χ4v) is 6.66. The largest absolute Gasteiger partial charge is 0.291 e. The Morgan fingerprint density at radius 1 is 0.692 bits per heavy atom. The first-order valence-electron chi connectivity index (χ1n) is 7.74. The molecule has 26 heavy (non-hydrogen) atoms. The summed E-state index contributed by atoms with van der Waals surface area (Å²) in [5.41, 5.74) is 7.59. The zero-order chi connectivity index (χ0) is 18.4. The normalized spacial score (nSPS) is 19.8. The Morgan fingerprint density at radius 3 is 2.00 bits per heavy atom. The SMILES string of the molecule is O=CS1(C=O)C=Cc2c3cc-3cc21.O=CS1(C=O)C=Cc2ccccc21. The minimum absolute atomic E-state index is 0.766. The molecule has 2 aliphatic carbocycles. The van der Waals surface area contributed by atoms with E-state index in [9.17, 15) is 19.2 Å². The lowest BCUT2D eigenvalue weighted by Gasteiger charge is -2.19. The molecule has 2 heterocycles. The van der Waals surface area contributed by atoms with Crippen molar-refractivity contribution in [3.8, 4) is 11.1 Å². The summed E-state index contributed by atoms with van der Waals surface area (Å²) in [6.45, 7) is 0. The highest BCUT2D eigenvalue weighted by Gasteiger charge is 2.35. The quantitative estimate of drug-likeness (QED) is 0.627. The van der Waals surface area contributed by atoms with Crippen LogP contribution in [-0.4, -0.2) is 22.5 Å². The minimum Gasteiger partial charge on any atom is -0.291 e. The van der Waals surface area contributed by atoms with Gasteiger partial charge in [0, 0.05) is 9.79 Å². The van der Waals surface area contributed by atoms with Crippen LogP contribution in [-0.2, 0) is 19.2 Å². The molecule has 0 N–H and O–H groups in total. The number of hydrogen-bond donors (Lipinski definition) is 0. The monoisotopic (exact) mass is 382 g/mol. The summed E-state index contributed by atoms with van der Waals surface area (Å²) in [6.07, 6.45) is 3.74. The first-order chi connectivity index (χ1) is 12.6. The lowest BCUT2D eigenvalue weighted by atomic mass is 10.2. The molecule has 0 fully saturated rings. The molecule has 0 atom stereocenters. The minimum atomic E-state index is -1.94. The fraction of sp³-hybridized carbons (Fsp3) is 0. The molecular formula is C20H14O4S2. The van der Waals surface area contributed by atoms with E-state index in [-0.39, 0.29) is 0 Å². The predicted molar refractivity (Wildman–Crippen MR) is 109 cm³/mol. The molecule has 4 aliphatic rings. The van der Waals surface area contributed by atoms with Gasteiger partial charge in [-0.3, -0.25) is 19.2 Å². The highest BCUT2D eigenvalue weighted by molar-refractivity contribution is 8.55. The van der Waals surface area contributed by atoms with Crippen molar-refractivity contribution >= 4 is 54.7 Å². The molecule has 1 aromatic rings. The lowest BCUT2D eigenvalue weighted by Crippen LogP contribution is -1.97. The summed E-state index contributed by atoms with van der Waals surface area (Å²) in [5, 5.41) is 3.47. The summed E-state index contributed by atoms with van der Waals surface area (Å²) >= 11 is 0. The van der Waals surface area contributed by atoms with Crippen LogP contribution < -0.4 is 0 Å². The van der Waals surface area contributed by atoms with E-state index in [0.29, 0.717) is 0 Å². The second kappa shape index (κ2) is 5.93. The van der Waals surface area contributed by atoms with E-state index in [4.69, 9.17) is 0 Å². The lowest BCUT2D eigenvalue weighted by molar-refractivity contribution is 0.564. The van der Waals surface area contributed by atoms with Gasteiger partial charge in [-0.1, -0.05) is 38.3 Å². The van der Waals surface area contributed by atoms with Gasteiger partial charge >= 0.3 is 0 Å². The number of carbonyl (C=O) groups excluding carboxylic acids is 4. The van der Waals surface area contributed by atoms with Crippen molar-refractivity contribution in [1.29, 1.82) is 0 Å². The molecule has 2 aliphatic heterocycles. The van der Waals surface area contributed by atoms with Gasteiger partial charge in [0.2, 0.25) is 0 Å². The molecule has 0 spiro atoms.